The molecule has 3 nitrogen and oxygen atoms in total. The van der Waals surface area contributed by atoms with E-state index in [-0.39, 0.29) is 5.91 Å². The number of nitrogens with zero attached hydrogens (tertiary/aromatic N) is 1. The Kier molecular flexibility index (Phi) is 4.17. The first-order valence-electron chi connectivity index (χ1n) is 6.80. The average molecular weight is 309 g/mol. The number of aromatic nitrogens is 1. The fraction of sp³-hybridized carbons (Fsp3) is 0. The van der Waals surface area contributed by atoms with Gasteiger partial charge in [0.15, 0.2) is 0 Å². The molecule has 0 radical (unpaired) electrons. The van der Waals surface area contributed by atoms with Gasteiger partial charge in [0.05, 0.1) is 0 Å². The Bertz CT molecular complexity index is 836. The van der Waals surface area contributed by atoms with Crippen molar-refractivity contribution >= 4 is 40.0 Å². The van der Waals surface area contributed by atoms with Crippen molar-refractivity contribution < 1.29 is 4.79 Å². The molecule has 2 aromatic carbocycles. The third-order valence-corrected chi connectivity index (χ3v) is 3.49. The van der Waals surface area contributed by atoms with E-state index in [1.807, 2.05) is 36.4 Å². The molecule has 0 spiro atoms. The molecule has 3 aromatic rings. The number of pyridine rings is 1. The number of anilines is 1. The summed E-state index contributed by atoms with van der Waals surface area (Å²) >= 11 is 5.83. The van der Waals surface area contributed by atoms with Gasteiger partial charge in [-0.05, 0) is 35.9 Å². The molecule has 0 bridgehead atoms. The van der Waals surface area contributed by atoms with E-state index < -0.39 is 0 Å². The Labute approximate surface area is 133 Å². The highest BCUT2D eigenvalue weighted by Crippen LogP contribution is 2.22. The summed E-state index contributed by atoms with van der Waals surface area (Å²) in [5.41, 5.74) is 1.69. The zero-order valence-corrected chi connectivity index (χ0v) is 12.4. The molecule has 1 N–H and O–H groups in total. The highest BCUT2D eigenvalue weighted by molar-refractivity contribution is 6.30. The van der Waals surface area contributed by atoms with E-state index in [9.17, 15) is 4.79 Å². The number of benzene rings is 2. The van der Waals surface area contributed by atoms with Crippen molar-refractivity contribution in [1.82, 2.24) is 4.98 Å². The second-order valence-corrected chi connectivity index (χ2v) is 5.21. The largest absolute Gasteiger partial charge is 0.322 e. The van der Waals surface area contributed by atoms with Gasteiger partial charge in [0, 0.05) is 40.0 Å². The third kappa shape index (κ3) is 3.32. The van der Waals surface area contributed by atoms with Crippen LogP contribution in [-0.2, 0) is 4.79 Å². The van der Waals surface area contributed by atoms with E-state index >= 15 is 0 Å². The molecule has 0 atom stereocenters. The van der Waals surface area contributed by atoms with Crippen LogP contribution in [0.15, 0.2) is 67.0 Å². The van der Waals surface area contributed by atoms with Crippen molar-refractivity contribution in [3.8, 4) is 0 Å². The van der Waals surface area contributed by atoms with Crippen LogP contribution in [-0.4, -0.2) is 10.9 Å². The molecule has 0 fully saturated rings. The van der Waals surface area contributed by atoms with Gasteiger partial charge in [-0.15, -0.1) is 0 Å². The monoisotopic (exact) mass is 308 g/mol. The SMILES string of the molecule is O=C(/C=C/c1ccc(Cl)cc1)Nc1cccc2cnccc12. The van der Waals surface area contributed by atoms with E-state index in [0.717, 1.165) is 22.0 Å². The fourth-order valence-corrected chi connectivity index (χ4v) is 2.28. The lowest BCUT2D eigenvalue weighted by molar-refractivity contribution is -0.111. The summed E-state index contributed by atoms with van der Waals surface area (Å²) in [7, 11) is 0. The van der Waals surface area contributed by atoms with Gasteiger partial charge in [-0.25, -0.2) is 0 Å². The van der Waals surface area contributed by atoms with Crippen molar-refractivity contribution in [2.24, 2.45) is 0 Å². The van der Waals surface area contributed by atoms with Crippen molar-refractivity contribution in [3.63, 3.8) is 0 Å². The van der Waals surface area contributed by atoms with Crippen LogP contribution in [0.3, 0.4) is 0 Å². The van der Waals surface area contributed by atoms with Crippen molar-refractivity contribution in [1.29, 1.82) is 0 Å². The summed E-state index contributed by atoms with van der Waals surface area (Å²) in [6.07, 6.45) is 6.73. The molecular formula is C18H13ClN2O. The van der Waals surface area contributed by atoms with E-state index in [0.29, 0.717) is 5.02 Å². The second kappa shape index (κ2) is 6.41. The third-order valence-electron chi connectivity index (χ3n) is 3.24. The Balaban J connectivity index is 1.77. The van der Waals surface area contributed by atoms with E-state index in [4.69, 9.17) is 11.6 Å². The Morgan fingerprint density at radius 2 is 1.91 bits per heavy atom. The number of rotatable bonds is 3. The first-order valence-corrected chi connectivity index (χ1v) is 7.17. The highest BCUT2D eigenvalue weighted by atomic mass is 35.5. The van der Waals surface area contributed by atoms with Crippen molar-refractivity contribution in [2.75, 3.05) is 5.32 Å². The van der Waals surface area contributed by atoms with Crippen LogP contribution in [0.5, 0.6) is 0 Å². The maximum absolute atomic E-state index is 12.1. The lowest BCUT2D eigenvalue weighted by Crippen LogP contribution is -2.08. The number of fused-ring (bicyclic) bond motifs is 1. The first kappa shape index (κ1) is 14.3. The molecule has 108 valence electrons. The lowest BCUT2D eigenvalue weighted by atomic mass is 10.1. The zero-order chi connectivity index (χ0) is 15.4. The fourth-order valence-electron chi connectivity index (χ4n) is 2.15. The molecule has 0 saturated heterocycles. The van der Waals surface area contributed by atoms with E-state index in [1.54, 1.807) is 30.6 Å². The molecule has 0 aliphatic carbocycles. The molecule has 0 aliphatic rings. The zero-order valence-electron chi connectivity index (χ0n) is 11.7. The number of hydrogen-bond acceptors (Lipinski definition) is 2. The topological polar surface area (TPSA) is 42.0 Å². The first-order chi connectivity index (χ1) is 10.7. The molecule has 1 aromatic heterocycles. The molecule has 22 heavy (non-hydrogen) atoms. The molecular weight excluding hydrogens is 296 g/mol. The van der Waals surface area contributed by atoms with Crippen LogP contribution in [0, 0.1) is 0 Å². The molecule has 3 rings (SSSR count). The maximum Gasteiger partial charge on any atom is 0.248 e. The number of nitrogens with one attached hydrogen (secondary N) is 1. The minimum Gasteiger partial charge on any atom is -0.322 e. The summed E-state index contributed by atoms with van der Waals surface area (Å²) in [5.74, 6) is -0.181. The normalized spacial score (nSPS) is 11.0. The van der Waals surface area contributed by atoms with Gasteiger partial charge in [0.25, 0.3) is 0 Å². The number of carbonyl (C=O) groups is 1. The van der Waals surface area contributed by atoms with Crippen LogP contribution in [0.1, 0.15) is 5.56 Å². The maximum atomic E-state index is 12.1. The summed E-state index contributed by atoms with van der Waals surface area (Å²) in [4.78, 5) is 16.1. The average Bonchev–Trinajstić information content (AvgIpc) is 2.55. The predicted molar refractivity (Wildman–Crippen MR) is 90.9 cm³/mol. The van der Waals surface area contributed by atoms with Gasteiger partial charge in [0.2, 0.25) is 5.91 Å². The van der Waals surface area contributed by atoms with E-state index in [1.165, 1.54) is 6.08 Å². The van der Waals surface area contributed by atoms with Gasteiger partial charge in [0.1, 0.15) is 0 Å². The van der Waals surface area contributed by atoms with E-state index in [2.05, 4.69) is 10.3 Å². The van der Waals surface area contributed by atoms with Crippen LogP contribution >= 0.6 is 11.6 Å². The quantitative estimate of drug-likeness (QED) is 0.722. The second-order valence-electron chi connectivity index (χ2n) is 4.78. The molecule has 0 unspecified atom stereocenters. The minimum atomic E-state index is -0.181. The Hall–Kier alpha value is -2.65. The van der Waals surface area contributed by atoms with Crippen LogP contribution in [0.2, 0.25) is 5.02 Å². The molecule has 1 heterocycles. The summed E-state index contributed by atoms with van der Waals surface area (Å²) in [6.45, 7) is 0. The van der Waals surface area contributed by atoms with Crippen molar-refractivity contribution in [2.45, 2.75) is 0 Å². The van der Waals surface area contributed by atoms with Gasteiger partial charge >= 0.3 is 0 Å². The van der Waals surface area contributed by atoms with Crippen LogP contribution in [0.4, 0.5) is 5.69 Å². The van der Waals surface area contributed by atoms with Crippen LogP contribution < -0.4 is 5.32 Å². The van der Waals surface area contributed by atoms with Crippen molar-refractivity contribution in [3.05, 3.63) is 77.6 Å². The Morgan fingerprint density at radius 1 is 1.09 bits per heavy atom. The number of carbonyl (C=O) groups excluding carboxylic acids is 1. The number of amides is 1. The molecule has 4 heteroatoms. The summed E-state index contributed by atoms with van der Waals surface area (Å²) in [6, 6.07) is 14.9. The summed E-state index contributed by atoms with van der Waals surface area (Å²) < 4.78 is 0. The highest BCUT2D eigenvalue weighted by Gasteiger charge is 2.03. The van der Waals surface area contributed by atoms with Gasteiger partial charge in [-0.3, -0.25) is 9.78 Å². The Morgan fingerprint density at radius 3 is 2.73 bits per heavy atom. The molecule has 0 aliphatic heterocycles. The van der Waals surface area contributed by atoms with Gasteiger partial charge in [-0.1, -0.05) is 35.9 Å². The minimum absolute atomic E-state index is 0.181. The van der Waals surface area contributed by atoms with Gasteiger partial charge < -0.3 is 5.32 Å². The smallest absolute Gasteiger partial charge is 0.248 e. The lowest BCUT2D eigenvalue weighted by Gasteiger charge is -2.06. The number of halogens is 1. The standard InChI is InChI=1S/C18H13ClN2O/c19-15-7-4-13(5-8-15)6-9-18(22)21-17-3-1-2-14-12-20-11-10-16(14)17/h1-12H,(H,21,22)/b9-6+. The molecule has 0 saturated carbocycles. The van der Waals surface area contributed by atoms with Gasteiger partial charge in [-0.2, -0.15) is 0 Å². The molecule has 1 amide bonds. The van der Waals surface area contributed by atoms with Crippen LogP contribution in [0.25, 0.3) is 16.8 Å². The summed E-state index contributed by atoms with van der Waals surface area (Å²) in [5, 5.41) is 5.51. The predicted octanol–water partition coefficient (Wildman–Crippen LogP) is 4.54. The number of hydrogen-bond donors (Lipinski definition) is 1.